The first-order valence-corrected chi connectivity index (χ1v) is 8.32. The maximum Gasteiger partial charge on any atom is 0.227 e. The molecule has 0 saturated carbocycles. The van der Waals surface area contributed by atoms with Gasteiger partial charge in [0, 0.05) is 18.9 Å². The third kappa shape index (κ3) is 3.17. The number of sulfonamides is 1. The summed E-state index contributed by atoms with van der Waals surface area (Å²) in [7, 11) is -3.60. The lowest BCUT2D eigenvalue weighted by Crippen LogP contribution is -2.27. The maximum absolute atomic E-state index is 12.0. The number of halogens is 1. The van der Waals surface area contributed by atoms with Crippen molar-refractivity contribution >= 4 is 37.5 Å². The highest BCUT2D eigenvalue weighted by Gasteiger charge is 2.33. The maximum atomic E-state index is 12.0. The summed E-state index contributed by atoms with van der Waals surface area (Å²) in [6, 6.07) is 7.05. The number of hydrogen-bond acceptors (Lipinski definition) is 4. The van der Waals surface area contributed by atoms with Crippen LogP contribution in [0.1, 0.15) is 12.0 Å². The standard InChI is InChI=1S/C12H12BrN3O3S/c13-12-9(5-14)2-1-3-10(12)16-6-8(4-11(16)17)7-20(15,18)19/h1-3,8H,4,6-7H2,(H2,15,18,19). The molecule has 1 fully saturated rings. The zero-order valence-corrected chi connectivity index (χ0v) is 12.8. The van der Waals surface area contributed by atoms with Crippen LogP contribution in [0.25, 0.3) is 0 Å². The minimum Gasteiger partial charge on any atom is -0.311 e. The molecule has 0 spiro atoms. The number of rotatable bonds is 3. The Morgan fingerprint density at radius 1 is 1.50 bits per heavy atom. The molecular weight excluding hydrogens is 346 g/mol. The Kier molecular flexibility index (Phi) is 4.13. The summed E-state index contributed by atoms with van der Waals surface area (Å²) in [5.74, 6) is -0.713. The summed E-state index contributed by atoms with van der Waals surface area (Å²) in [4.78, 5) is 13.5. The highest BCUT2D eigenvalue weighted by Crippen LogP contribution is 2.33. The smallest absolute Gasteiger partial charge is 0.227 e. The molecule has 1 atom stereocenters. The van der Waals surface area contributed by atoms with Gasteiger partial charge >= 0.3 is 0 Å². The number of amides is 1. The zero-order valence-electron chi connectivity index (χ0n) is 10.4. The molecule has 1 unspecified atom stereocenters. The van der Waals surface area contributed by atoms with Gasteiger partial charge in [0.15, 0.2) is 0 Å². The van der Waals surface area contributed by atoms with Crippen molar-refractivity contribution < 1.29 is 13.2 Å². The van der Waals surface area contributed by atoms with Gasteiger partial charge in [-0.25, -0.2) is 13.6 Å². The van der Waals surface area contributed by atoms with Crippen LogP contribution in [0, 0.1) is 17.2 Å². The number of anilines is 1. The molecular formula is C12H12BrN3O3S. The van der Waals surface area contributed by atoms with Crippen LogP contribution in [-0.2, 0) is 14.8 Å². The Bertz CT molecular complexity index is 696. The van der Waals surface area contributed by atoms with Gasteiger partial charge < -0.3 is 4.90 Å². The molecule has 8 heteroatoms. The van der Waals surface area contributed by atoms with Crippen molar-refractivity contribution in [2.75, 3.05) is 17.2 Å². The lowest BCUT2D eigenvalue weighted by Gasteiger charge is -2.18. The first-order valence-electron chi connectivity index (χ1n) is 5.81. The van der Waals surface area contributed by atoms with E-state index >= 15 is 0 Å². The van der Waals surface area contributed by atoms with Gasteiger partial charge in [0.25, 0.3) is 0 Å². The van der Waals surface area contributed by atoms with E-state index in [1.54, 1.807) is 18.2 Å². The summed E-state index contributed by atoms with van der Waals surface area (Å²) in [5, 5.41) is 14.0. The van der Waals surface area contributed by atoms with Gasteiger partial charge in [-0.1, -0.05) is 6.07 Å². The fraction of sp³-hybridized carbons (Fsp3) is 0.333. The minimum absolute atomic E-state index is 0.139. The first-order chi connectivity index (χ1) is 9.31. The van der Waals surface area contributed by atoms with Gasteiger partial charge in [-0.2, -0.15) is 5.26 Å². The van der Waals surface area contributed by atoms with Crippen molar-refractivity contribution in [3.05, 3.63) is 28.2 Å². The summed E-state index contributed by atoms with van der Waals surface area (Å²) >= 11 is 3.30. The lowest BCUT2D eigenvalue weighted by atomic mass is 10.1. The number of primary sulfonamides is 1. The molecule has 0 aliphatic carbocycles. The SMILES string of the molecule is N#Cc1cccc(N2CC(CS(N)(=O)=O)CC2=O)c1Br. The Morgan fingerprint density at radius 3 is 2.80 bits per heavy atom. The number of carbonyl (C=O) groups excluding carboxylic acids is 1. The molecule has 6 nitrogen and oxygen atoms in total. The third-order valence-electron chi connectivity index (χ3n) is 3.06. The molecule has 0 bridgehead atoms. The monoisotopic (exact) mass is 357 g/mol. The molecule has 106 valence electrons. The van der Waals surface area contributed by atoms with Crippen LogP contribution in [-0.4, -0.2) is 26.6 Å². The van der Waals surface area contributed by atoms with E-state index < -0.39 is 10.0 Å². The van der Waals surface area contributed by atoms with Crippen molar-refractivity contribution in [2.24, 2.45) is 11.1 Å². The molecule has 1 aromatic rings. The summed E-state index contributed by atoms with van der Waals surface area (Å²) in [6.45, 7) is 0.281. The molecule has 2 N–H and O–H groups in total. The van der Waals surface area contributed by atoms with Crippen molar-refractivity contribution in [1.82, 2.24) is 0 Å². The largest absolute Gasteiger partial charge is 0.311 e. The number of benzene rings is 1. The molecule has 2 rings (SSSR count). The molecule has 0 aromatic heterocycles. The van der Waals surface area contributed by atoms with Crippen molar-refractivity contribution in [3.8, 4) is 6.07 Å². The van der Waals surface area contributed by atoms with E-state index in [9.17, 15) is 13.2 Å². The predicted molar refractivity (Wildman–Crippen MR) is 77.3 cm³/mol. The molecule has 0 radical (unpaired) electrons. The number of nitrogens with zero attached hydrogens (tertiary/aromatic N) is 2. The van der Waals surface area contributed by atoms with Crippen molar-refractivity contribution in [1.29, 1.82) is 5.26 Å². The van der Waals surface area contributed by atoms with E-state index in [0.717, 1.165) is 0 Å². The third-order valence-corrected chi connectivity index (χ3v) is 4.83. The van der Waals surface area contributed by atoms with Crippen LogP contribution in [0.15, 0.2) is 22.7 Å². The highest BCUT2D eigenvalue weighted by molar-refractivity contribution is 9.10. The second-order valence-corrected chi connectivity index (χ2v) is 7.11. The molecule has 1 saturated heterocycles. The van der Waals surface area contributed by atoms with E-state index in [-0.39, 0.29) is 30.5 Å². The average molecular weight is 358 g/mol. The second kappa shape index (κ2) is 5.52. The van der Waals surface area contributed by atoms with Crippen LogP contribution in [0.5, 0.6) is 0 Å². The molecule has 1 heterocycles. The van der Waals surface area contributed by atoms with E-state index in [1.807, 2.05) is 6.07 Å². The van der Waals surface area contributed by atoms with Crippen LogP contribution in [0.2, 0.25) is 0 Å². The van der Waals surface area contributed by atoms with Gasteiger partial charge in [-0.05, 0) is 28.1 Å². The van der Waals surface area contributed by atoms with Crippen molar-refractivity contribution in [2.45, 2.75) is 6.42 Å². The number of nitrogens with two attached hydrogens (primary N) is 1. The number of carbonyl (C=O) groups is 1. The Labute approximate surface area is 125 Å². The van der Waals surface area contributed by atoms with E-state index in [0.29, 0.717) is 15.7 Å². The summed E-state index contributed by atoms with van der Waals surface area (Å²) in [5.41, 5.74) is 0.996. The van der Waals surface area contributed by atoms with Gasteiger partial charge in [0.2, 0.25) is 15.9 Å². The van der Waals surface area contributed by atoms with Gasteiger partial charge in [0.1, 0.15) is 6.07 Å². The van der Waals surface area contributed by atoms with Crippen LogP contribution in [0.3, 0.4) is 0 Å². The molecule has 1 aliphatic rings. The number of hydrogen-bond donors (Lipinski definition) is 1. The Morgan fingerprint density at radius 2 is 2.20 bits per heavy atom. The van der Waals surface area contributed by atoms with E-state index in [2.05, 4.69) is 15.9 Å². The molecule has 20 heavy (non-hydrogen) atoms. The second-order valence-electron chi connectivity index (χ2n) is 4.65. The fourth-order valence-electron chi connectivity index (χ4n) is 2.27. The molecule has 1 amide bonds. The highest BCUT2D eigenvalue weighted by atomic mass is 79.9. The van der Waals surface area contributed by atoms with E-state index in [1.165, 1.54) is 4.90 Å². The Hall–Kier alpha value is -1.43. The van der Waals surface area contributed by atoms with Gasteiger partial charge in [-0.15, -0.1) is 0 Å². The van der Waals surface area contributed by atoms with Crippen LogP contribution >= 0.6 is 15.9 Å². The average Bonchev–Trinajstić information content (AvgIpc) is 2.68. The zero-order chi connectivity index (χ0) is 14.9. The molecule has 1 aliphatic heterocycles. The molecule has 1 aromatic carbocycles. The van der Waals surface area contributed by atoms with Crippen LogP contribution < -0.4 is 10.0 Å². The quantitative estimate of drug-likeness (QED) is 0.869. The first kappa shape index (κ1) is 15.0. The normalized spacial score (nSPS) is 19.1. The topological polar surface area (TPSA) is 104 Å². The van der Waals surface area contributed by atoms with E-state index in [4.69, 9.17) is 10.4 Å². The minimum atomic E-state index is -3.60. The van der Waals surface area contributed by atoms with Crippen LogP contribution in [0.4, 0.5) is 5.69 Å². The summed E-state index contributed by atoms with van der Waals surface area (Å²) in [6.07, 6.45) is 0.139. The van der Waals surface area contributed by atoms with Gasteiger partial charge in [-0.3, -0.25) is 4.79 Å². The number of nitriles is 1. The Balaban J connectivity index is 2.27. The predicted octanol–water partition coefficient (Wildman–Crippen LogP) is 0.962. The fourth-order valence-corrected chi connectivity index (χ4v) is 3.72. The summed E-state index contributed by atoms with van der Waals surface area (Å²) < 4.78 is 22.7. The van der Waals surface area contributed by atoms with Crippen molar-refractivity contribution in [3.63, 3.8) is 0 Å². The van der Waals surface area contributed by atoms with Gasteiger partial charge in [0.05, 0.1) is 21.5 Å². The lowest BCUT2D eigenvalue weighted by molar-refractivity contribution is -0.117.